The van der Waals surface area contributed by atoms with Crippen LogP contribution in [0.4, 0.5) is 0 Å². The fourth-order valence-corrected chi connectivity index (χ4v) is 4.42. The Balaban J connectivity index is 1.95. The van der Waals surface area contributed by atoms with Crippen molar-refractivity contribution in [2.24, 2.45) is 5.92 Å². The van der Waals surface area contributed by atoms with Crippen LogP contribution in [0.25, 0.3) is 0 Å². The van der Waals surface area contributed by atoms with Crippen LogP contribution in [0.1, 0.15) is 32.1 Å². The lowest BCUT2D eigenvalue weighted by atomic mass is 9.97. The molecule has 0 N–H and O–H groups in total. The van der Waals surface area contributed by atoms with Crippen molar-refractivity contribution < 1.29 is 4.79 Å². The summed E-state index contributed by atoms with van der Waals surface area (Å²) < 4.78 is 0. The number of alkyl halides is 1. The van der Waals surface area contributed by atoms with Crippen molar-refractivity contribution in [3.8, 4) is 0 Å². The van der Waals surface area contributed by atoms with Crippen LogP contribution in [0.5, 0.6) is 0 Å². The average Bonchev–Trinajstić information content (AvgIpc) is 2.83. The molecule has 2 aliphatic heterocycles. The molecule has 0 bridgehead atoms. The third kappa shape index (κ3) is 2.95. The highest BCUT2D eigenvalue weighted by Crippen LogP contribution is 2.29. The summed E-state index contributed by atoms with van der Waals surface area (Å²) in [7, 11) is 0. The Morgan fingerprint density at radius 3 is 2.94 bits per heavy atom. The number of nitrogens with zero attached hydrogens (tertiary/aromatic N) is 1. The number of carbonyl (C=O) groups excluding carboxylic acids is 1. The Bertz CT molecular complexity index is 241. The van der Waals surface area contributed by atoms with E-state index in [2.05, 4.69) is 20.8 Å². The van der Waals surface area contributed by atoms with Crippen LogP contribution < -0.4 is 0 Å². The Kier molecular flexibility index (Phi) is 5.01. The molecule has 2 saturated heterocycles. The zero-order chi connectivity index (χ0) is 11.4. The third-order valence-electron chi connectivity index (χ3n) is 3.63. The largest absolute Gasteiger partial charge is 0.339 e. The first-order valence-corrected chi connectivity index (χ1v) is 8.54. The number of thioether (sulfide) groups is 1. The second kappa shape index (κ2) is 6.29. The highest BCUT2D eigenvalue weighted by molar-refractivity contribution is 9.09. The summed E-state index contributed by atoms with van der Waals surface area (Å²) in [5.74, 6) is 2.99. The first-order valence-electron chi connectivity index (χ1n) is 6.27. The zero-order valence-corrected chi connectivity index (χ0v) is 12.1. The number of amides is 1. The van der Waals surface area contributed by atoms with Gasteiger partial charge < -0.3 is 4.90 Å². The first kappa shape index (κ1) is 12.7. The van der Waals surface area contributed by atoms with Crippen molar-refractivity contribution in [1.29, 1.82) is 0 Å². The van der Waals surface area contributed by atoms with Gasteiger partial charge in [-0.2, -0.15) is 11.8 Å². The van der Waals surface area contributed by atoms with E-state index in [-0.39, 0.29) is 0 Å². The summed E-state index contributed by atoms with van der Waals surface area (Å²) in [6.45, 7) is 0.998. The van der Waals surface area contributed by atoms with Crippen molar-refractivity contribution in [2.45, 2.75) is 38.1 Å². The van der Waals surface area contributed by atoms with Crippen LogP contribution in [-0.2, 0) is 4.79 Å². The normalized spacial score (nSPS) is 30.7. The van der Waals surface area contributed by atoms with Crippen molar-refractivity contribution in [2.75, 3.05) is 23.4 Å². The molecule has 2 atom stereocenters. The predicted molar refractivity (Wildman–Crippen MR) is 73.2 cm³/mol. The van der Waals surface area contributed by atoms with Gasteiger partial charge in [-0.05, 0) is 37.9 Å². The standard InChI is InChI=1S/C12H20BrNOS/c13-6-4-11-3-1-2-7-14(11)12(15)10-5-8-16-9-10/h10-11H,1-9H2. The van der Waals surface area contributed by atoms with Gasteiger partial charge in [-0.15, -0.1) is 0 Å². The van der Waals surface area contributed by atoms with Gasteiger partial charge in [0.05, 0.1) is 0 Å². The number of likely N-dealkylation sites (tertiary alicyclic amines) is 1. The predicted octanol–water partition coefficient (Wildman–Crippen LogP) is 2.91. The molecule has 2 heterocycles. The van der Waals surface area contributed by atoms with E-state index in [1.165, 1.54) is 25.0 Å². The van der Waals surface area contributed by atoms with Gasteiger partial charge in [-0.25, -0.2) is 0 Å². The zero-order valence-electron chi connectivity index (χ0n) is 9.66. The number of hydrogen-bond donors (Lipinski definition) is 0. The Hall–Kier alpha value is 0.300. The van der Waals surface area contributed by atoms with Gasteiger partial charge in [0, 0.05) is 29.6 Å². The molecular weight excluding hydrogens is 286 g/mol. The number of halogens is 1. The van der Waals surface area contributed by atoms with Crippen molar-refractivity contribution in [3.63, 3.8) is 0 Å². The van der Waals surface area contributed by atoms with E-state index in [9.17, 15) is 4.79 Å². The molecule has 2 rings (SSSR count). The van der Waals surface area contributed by atoms with Crippen LogP contribution in [-0.4, -0.2) is 40.2 Å². The van der Waals surface area contributed by atoms with Crippen LogP contribution in [0.15, 0.2) is 0 Å². The van der Waals surface area contributed by atoms with Crippen molar-refractivity contribution in [1.82, 2.24) is 4.90 Å². The summed E-state index contributed by atoms with van der Waals surface area (Å²) in [6, 6.07) is 0.506. The Morgan fingerprint density at radius 1 is 1.38 bits per heavy atom. The summed E-state index contributed by atoms with van der Waals surface area (Å²) in [6.07, 6.45) is 5.91. The van der Waals surface area contributed by atoms with Crippen LogP contribution in [0, 0.1) is 5.92 Å². The van der Waals surface area contributed by atoms with Crippen LogP contribution >= 0.6 is 27.7 Å². The van der Waals surface area contributed by atoms with Gasteiger partial charge in [-0.1, -0.05) is 15.9 Å². The highest BCUT2D eigenvalue weighted by atomic mass is 79.9. The molecule has 92 valence electrons. The third-order valence-corrected chi connectivity index (χ3v) is 5.25. The Morgan fingerprint density at radius 2 is 2.25 bits per heavy atom. The number of piperidine rings is 1. The lowest BCUT2D eigenvalue weighted by Crippen LogP contribution is -2.46. The molecule has 0 aliphatic carbocycles. The number of hydrogen-bond acceptors (Lipinski definition) is 2. The lowest BCUT2D eigenvalue weighted by molar-refractivity contribution is -0.138. The summed E-state index contributed by atoms with van der Waals surface area (Å²) >= 11 is 5.44. The smallest absolute Gasteiger partial charge is 0.226 e. The molecule has 0 saturated carbocycles. The maximum absolute atomic E-state index is 12.4. The molecular formula is C12H20BrNOS. The molecule has 0 spiro atoms. The average molecular weight is 306 g/mol. The summed E-state index contributed by atoms with van der Waals surface area (Å²) in [4.78, 5) is 14.6. The fraction of sp³-hybridized carbons (Fsp3) is 0.917. The van der Waals surface area contributed by atoms with E-state index in [4.69, 9.17) is 0 Å². The van der Waals surface area contributed by atoms with E-state index in [0.29, 0.717) is 17.9 Å². The molecule has 0 aromatic rings. The molecule has 2 aliphatic rings. The summed E-state index contributed by atoms with van der Waals surface area (Å²) in [5.41, 5.74) is 0. The minimum Gasteiger partial charge on any atom is -0.339 e. The van der Waals surface area contributed by atoms with Gasteiger partial charge in [0.15, 0.2) is 0 Å². The molecule has 2 fully saturated rings. The van der Waals surface area contributed by atoms with Gasteiger partial charge in [0.1, 0.15) is 0 Å². The second-order valence-corrected chi connectivity index (χ2v) is 6.66. The molecule has 0 aromatic heterocycles. The molecule has 0 aromatic carbocycles. The van der Waals surface area contributed by atoms with Crippen molar-refractivity contribution >= 4 is 33.6 Å². The molecule has 1 amide bonds. The first-order chi connectivity index (χ1) is 7.83. The van der Waals surface area contributed by atoms with Gasteiger partial charge in [-0.3, -0.25) is 4.79 Å². The van der Waals surface area contributed by atoms with E-state index in [1.54, 1.807) is 0 Å². The minimum atomic E-state index is 0.320. The minimum absolute atomic E-state index is 0.320. The lowest BCUT2D eigenvalue weighted by Gasteiger charge is -2.37. The van der Waals surface area contributed by atoms with Crippen molar-refractivity contribution in [3.05, 3.63) is 0 Å². The van der Waals surface area contributed by atoms with Crippen LogP contribution in [0.3, 0.4) is 0 Å². The summed E-state index contributed by atoms with van der Waals surface area (Å²) in [5, 5.41) is 1.01. The van der Waals surface area contributed by atoms with Gasteiger partial charge in [0.25, 0.3) is 0 Å². The van der Waals surface area contributed by atoms with E-state index in [0.717, 1.165) is 30.5 Å². The van der Waals surface area contributed by atoms with Gasteiger partial charge >= 0.3 is 0 Å². The molecule has 0 radical (unpaired) electrons. The quantitative estimate of drug-likeness (QED) is 0.747. The molecule has 16 heavy (non-hydrogen) atoms. The monoisotopic (exact) mass is 305 g/mol. The second-order valence-electron chi connectivity index (χ2n) is 4.72. The highest BCUT2D eigenvalue weighted by Gasteiger charge is 2.32. The molecule has 2 nitrogen and oxygen atoms in total. The van der Waals surface area contributed by atoms with E-state index in [1.807, 2.05) is 11.8 Å². The maximum atomic E-state index is 12.4. The SMILES string of the molecule is O=C(C1CCSC1)N1CCCCC1CCBr. The van der Waals surface area contributed by atoms with E-state index >= 15 is 0 Å². The molecule has 4 heteroatoms. The maximum Gasteiger partial charge on any atom is 0.226 e. The van der Waals surface area contributed by atoms with Gasteiger partial charge in [0.2, 0.25) is 5.91 Å². The topological polar surface area (TPSA) is 20.3 Å². The number of carbonyl (C=O) groups is 1. The Labute approximate surface area is 111 Å². The molecule has 2 unspecified atom stereocenters. The van der Waals surface area contributed by atoms with E-state index < -0.39 is 0 Å². The fourth-order valence-electron chi connectivity index (χ4n) is 2.68. The van der Waals surface area contributed by atoms with Crippen LogP contribution in [0.2, 0.25) is 0 Å². The number of rotatable bonds is 3.